The number of hydrogen-bond donors (Lipinski definition) is 0. The van der Waals surface area contributed by atoms with Gasteiger partial charge >= 0.3 is 0 Å². The monoisotopic (exact) mass is 480 g/mol. The minimum absolute atomic E-state index is 0.861. The summed E-state index contributed by atoms with van der Waals surface area (Å²) in [5.41, 5.74) is 1.73. The van der Waals surface area contributed by atoms with Crippen molar-refractivity contribution >= 4 is 85.7 Å². The lowest BCUT2D eigenvalue weighted by atomic mass is 10.1. The maximum Gasteiger partial charge on any atom is 0.150 e. The third kappa shape index (κ3) is 1.91. The highest BCUT2D eigenvalue weighted by molar-refractivity contribution is 9.13. The Bertz CT molecular complexity index is 745. The van der Waals surface area contributed by atoms with Crippen LogP contribution in [0.3, 0.4) is 0 Å². The van der Waals surface area contributed by atoms with Crippen molar-refractivity contribution in [3.8, 4) is 0 Å². The molecule has 17 heavy (non-hydrogen) atoms. The van der Waals surface area contributed by atoms with Gasteiger partial charge in [0.25, 0.3) is 0 Å². The lowest BCUT2D eigenvalue weighted by Crippen LogP contribution is -1.72. The van der Waals surface area contributed by atoms with E-state index in [1.54, 1.807) is 0 Å². The van der Waals surface area contributed by atoms with E-state index in [2.05, 4.69) is 75.9 Å². The van der Waals surface area contributed by atoms with Crippen LogP contribution in [0.1, 0.15) is 0 Å². The molecule has 0 saturated heterocycles. The third-order valence-corrected chi connectivity index (χ3v) is 6.40. The van der Waals surface area contributed by atoms with Crippen molar-refractivity contribution < 1.29 is 4.42 Å². The topological polar surface area (TPSA) is 13.1 Å². The molecule has 0 atom stereocenters. The summed E-state index contributed by atoms with van der Waals surface area (Å²) in [6.07, 6.45) is 0. The van der Waals surface area contributed by atoms with Gasteiger partial charge in [-0.25, -0.2) is 0 Å². The highest BCUT2D eigenvalue weighted by Crippen LogP contribution is 2.39. The summed E-state index contributed by atoms with van der Waals surface area (Å²) in [6.45, 7) is 0. The number of halogens is 4. The second-order valence-electron chi connectivity index (χ2n) is 3.60. The second kappa shape index (κ2) is 4.37. The predicted molar refractivity (Wildman–Crippen MR) is 84.5 cm³/mol. The maximum absolute atomic E-state index is 5.87. The Morgan fingerprint density at radius 1 is 0.765 bits per heavy atom. The molecular weight excluding hydrogens is 480 g/mol. The van der Waals surface area contributed by atoms with Crippen LogP contribution in [0.4, 0.5) is 0 Å². The minimum atomic E-state index is 0.861. The van der Waals surface area contributed by atoms with Crippen molar-refractivity contribution in [3.63, 3.8) is 0 Å². The fraction of sp³-hybridized carbons (Fsp3) is 0. The summed E-state index contributed by atoms with van der Waals surface area (Å²) < 4.78 is 9.81. The van der Waals surface area contributed by atoms with Crippen molar-refractivity contribution in [1.29, 1.82) is 0 Å². The third-order valence-electron chi connectivity index (χ3n) is 2.57. The zero-order chi connectivity index (χ0) is 12.2. The zero-order valence-corrected chi connectivity index (χ0v) is 14.6. The molecule has 0 aliphatic carbocycles. The molecule has 0 aliphatic heterocycles. The summed E-state index contributed by atoms with van der Waals surface area (Å²) in [7, 11) is 0. The quantitative estimate of drug-likeness (QED) is 0.349. The van der Waals surface area contributed by atoms with Gasteiger partial charge in [-0.05, 0) is 88.0 Å². The smallest absolute Gasteiger partial charge is 0.150 e. The van der Waals surface area contributed by atoms with E-state index in [0.29, 0.717) is 0 Å². The van der Waals surface area contributed by atoms with Crippen molar-refractivity contribution in [2.45, 2.75) is 0 Å². The fourth-order valence-electron chi connectivity index (χ4n) is 1.78. The van der Waals surface area contributed by atoms with E-state index in [0.717, 1.165) is 39.8 Å². The number of furan rings is 1. The highest BCUT2D eigenvalue weighted by atomic mass is 79.9. The number of rotatable bonds is 0. The lowest BCUT2D eigenvalue weighted by Gasteiger charge is -1.96. The summed E-state index contributed by atoms with van der Waals surface area (Å²) in [4.78, 5) is 0. The molecule has 0 unspecified atom stereocenters. The molecule has 0 spiro atoms. The van der Waals surface area contributed by atoms with Crippen molar-refractivity contribution in [2.75, 3.05) is 0 Å². The fourth-order valence-corrected chi connectivity index (χ4v) is 3.18. The molecule has 3 rings (SSSR count). The molecule has 5 heteroatoms. The van der Waals surface area contributed by atoms with Crippen LogP contribution in [0, 0.1) is 0 Å². The molecule has 0 fully saturated rings. The SMILES string of the molecule is Brc1cc2oc3c(Br)c(Br)ccc3c2cc1Br. The van der Waals surface area contributed by atoms with Gasteiger partial charge in [0, 0.05) is 24.2 Å². The van der Waals surface area contributed by atoms with Crippen LogP contribution in [0.2, 0.25) is 0 Å². The Labute approximate surface area is 131 Å². The molecule has 0 N–H and O–H groups in total. The molecule has 0 amide bonds. The molecule has 0 bridgehead atoms. The van der Waals surface area contributed by atoms with Crippen molar-refractivity contribution in [3.05, 3.63) is 42.2 Å². The van der Waals surface area contributed by atoms with Crippen LogP contribution >= 0.6 is 63.7 Å². The van der Waals surface area contributed by atoms with E-state index in [9.17, 15) is 0 Å². The van der Waals surface area contributed by atoms with Gasteiger partial charge in [-0.1, -0.05) is 0 Å². The van der Waals surface area contributed by atoms with Crippen LogP contribution in [-0.4, -0.2) is 0 Å². The molecule has 0 radical (unpaired) electrons. The standard InChI is InChI=1S/C12H4Br4O/c13-7-2-1-5-6-3-8(14)9(15)4-10(6)17-12(5)11(7)16/h1-4H. The Morgan fingerprint density at radius 2 is 1.47 bits per heavy atom. The Kier molecular flexibility index (Phi) is 3.14. The number of benzene rings is 2. The van der Waals surface area contributed by atoms with E-state index in [1.165, 1.54) is 0 Å². The molecule has 0 saturated carbocycles. The molecule has 2 aromatic carbocycles. The second-order valence-corrected chi connectivity index (χ2v) is 6.96. The summed E-state index contributed by atoms with van der Waals surface area (Å²) in [5.74, 6) is 0. The molecule has 0 aliphatic rings. The van der Waals surface area contributed by atoms with Gasteiger partial charge in [0.1, 0.15) is 5.58 Å². The highest BCUT2D eigenvalue weighted by Gasteiger charge is 2.13. The first-order valence-corrected chi connectivity index (χ1v) is 7.90. The molecule has 1 heterocycles. The van der Waals surface area contributed by atoms with E-state index in [4.69, 9.17) is 4.42 Å². The van der Waals surface area contributed by atoms with E-state index in [-0.39, 0.29) is 0 Å². The van der Waals surface area contributed by atoms with E-state index < -0.39 is 0 Å². The summed E-state index contributed by atoms with van der Waals surface area (Å²) >= 11 is 14.0. The Hall–Kier alpha value is 0.160. The van der Waals surface area contributed by atoms with Crippen LogP contribution in [0.25, 0.3) is 21.9 Å². The van der Waals surface area contributed by atoms with Crippen LogP contribution in [0.15, 0.2) is 46.6 Å². The Morgan fingerprint density at radius 3 is 2.24 bits per heavy atom. The van der Waals surface area contributed by atoms with Gasteiger partial charge in [0.15, 0.2) is 5.58 Å². The molecule has 1 nitrogen and oxygen atoms in total. The molecule has 1 aromatic heterocycles. The Balaban J connectivity index is 2.54. The lowest BCUT2D eigenvalue weighted by molar-refractivity contribution is 0.666. The average Bonchev–Trinajstić information content (AvgIpc) is 2.63. The minimum Gasteiger partial charge on any atom is -0.455 e. The number of fused-ring (bicyclic) bond motifs is 3. The van der Waals surface area contributed by atoms with Gasteiger partial charge in [0.2, 0.25) is 0 Å². The van der Waals surface area contributed by atoms with E-state index in [1.807, 2.05) is 12.1 Å². The van der Waals surface area contributed by atoms with Crippen LogP contribution < -0.4 is 0 Å². The van der Waals surface area contributed by atoms with Gasteiger partial charge < -0.3 is 4.42 Å². The van der Waals surface area contributed by atoms with E-state index >= 15 is 0 Å². The predicted octanol–water partition coefficient (Wildman–Crippen LogP) is 6.64. The molecule has 86 valence electrons. The average molecular weight is 484 g/mol. The van der Waals surface area contributed by atoms with Gasteiger partial charge in [-0.3, -0.25) is 0 Å². The van der Waals surface area contributed by atoms with Crippen LogP contribution in [0.5, 0.6) is 0 Å². The number of hydrogen-bond acceptors (Lipinski definition) is 1. The van der Waals surface area contributed by atoms with Gasteiger partial charge in [0.05, 0.1) is 4.47 Å². The van der Waals surface area contributed by atoms with Crippen molar-refractivity contribution in [1.82, 2.24) is 0 Å². The maximum atomic E-state index is 5.87. The normalized spacial score (nSPS) is 11.5. The first kappa shape index (κ1) is 12.2. The first-order chi connectivity index (χ1) is 8.08. The van der Waals surface area contributed by atoms with Gasteiger partial charge in [-0.2, -0.15) is 0 Å². The summed E-state index contributed by atoms with van der Waals surface area (Å²) in [6, 6.07) is 8.10. The van der Waals surface area contributed by atoms with Crippen molar-refractivity contribution in [2.24, 2.45) is 0 Å². The zero-order valence-electron chi connectivity index (χ0n) is 8.23. The molecular formula is C12H4Br4O. The molecule has 3 aromatic rings. The van der Waals surface area contributed by atoms with Gasteiger partial charge in [-0.15, -0.1) is 0 Å². The largest absolute Gasteiger partial charge is 0.455 e. The van der Waals surface area contributed by atoms with Crippen LogP contribution in [-0.2, 0) is 0 Å². The first-order valence-electron chi connectivity index (χ1n) is 4.73. The summed E-state index contributed by atoms with van der Waals surface area (Å²) in [5, 5.41) is 2.20.